The van der Waals surface area contributed by atoms with E-state index >= 15 is 0 Å². The van der Waals surface area contributed by atoms with Crippen molar-refractivity contribution in [2.75, 3.05) is 27.2 Å². The van der Waals surface area contributed by atoms with Gasteiger partial charge in [0.2, 0.25) is 0 Å². The lowest BCUT2D eigenvalue weighted by Gasteiger charge is -2.33. The van der Waals surface area contributed by atoms with Gasteiger partial charge in [-0.25, -0.2) is 0 Å². The van der Waals surface area contributed by atoms with Gasteiger partial charge in [0.15, 0.2) is 0 Å². The Bertz CT molecular complexity index is 318. The summed E-state index contributed by atoms with van der Waals surface area (Å²) in [6, 6.07) is 6.10. The first-order chi connectivity index (χ1) is 8.59. The van der Waals surface area contributed by atoms with Gasteiger partial charge < -0.3 is 5.32 Å². The number of hydrogen-bond donors (Lipinski definition) is 1. The van der Waals surface area contributed by atoms with Crippen molar-refractivity contribution in [1.29, 1.82) is 0 Å². The van der Waals surface area contributed by atoms with E-state index in [1.54, 1.807) is 0 Å². The SMILES string of the molecule is CCCC(C)(CNC)CN(C)Cc1ccccn1. The molecule has 1 atom stereocenters. The minimum Gasteiger partial charge on any atom is -0.319 e. The number of nitrogens with one attached hydrogen (secondary N) is 1. The number of aromatic nitrogens is 1. The Kier molecular flexibility index (Phi) is 6.30. The zero-order valence-electron chi connectivity index (χ0n) is 12.2. The Morgan fingerprint density at radius 1 is 1.39 bits per heavy atom. The van der Waals surface area contributed by atoms with Gasteiger partial charge in [-0.3, -0.25) is 9.88 Å². The Hall–Kier alpha value is -0.930. The van der Waals surface area contributed by atoms with E-state index in [0.717, 1.165) is 25.3 Å². The molecule has 18 heavy (non-hydrogen) atoms. The molecule has 1 heterocycles. The fourth-order valence-electron chi connectivity index (χ4n) is 2.73. The molecule has 0 bridgehead atoms. The van der Waals surface area contributed by atoms with Crippen molar-refractivity contribution in [3.63, 3.8) is 0 Å². The van der Waals surface area contributed by atoms with Crippen molar-refractivity contribution in [3.8, 4) is 0 Å². The summed E-state index contributed by atoms with van der Waals surface area (Å²) in [7, 11) is 4.21. The van der Waals surface area contributed by atoms with E-state index in [1.807, 2.05) is 19.3 Å². The quantitative estimate of drug-likeness (QED) is 0.767. The van der Waals surface area contributed by atoms with Crippen LogP contribution in [-0.4, -0.2) is 37.1 Å². The van der Waals surface area contributed by atoms with Crippen molar-refractivity contribution >= 4 is 0 Å². The number of nitrogens with zero attached hydrogens (tertiary/aromatic N) is 2. The normalized spacial score (nSPS) is 14.7. The van der Waals surface area contributed by atoms with Crippen LogP contribution in [0.1, 0.15) is 32.4 Å². The number of hydrogen-bond acceptors (Lipinski definition) is 3. The van der Waals surface area contributed by atoms with E-state index in [4.69, 9.17) is 0 Å². The largest absolute Gasteiger partial charge is 0.319 e. The molecule has 3 heteroatoms. The summed E-state index contributed by atoms with van der Waals surface area (Å²) in [5, 5.41) is 3.32. The van der Waals surface area contributed by atoms with Gasteiger partial charge in [0, 0.05) is 25.8 Å². The van der Waals surface area contributed by atoms with Gasteiger partial charge >= 0.3 is 0 Å². The standard InChI is InChI=1S/C15H27N3/c1-5-9-15(2,12-16-3)13-18(4)11-14-8-6-7-10-17-14/h6-8,10,16H,5,9,11-13H2,1-4H3. The van der Waals surface area contributed by atoms with Crippen LogP contribution in [0.3, 0.4) is 0 Å². The van der Waals surface area contributed by atoms with E-state index in [-0.39, 0.29) is 0 Å². The van der Waals surface area contributed by atoms with Gasteiger partial charge in [0.05, 0.1) is 5.69 Å². The highest BCUT2D eigenvalue weighted by atomic mass is 15.1. The molecular formula is C15H27N3. The molecule has 0 spiro atoms. The van der Waals surface area contributed by atoms with E-state index in [9.17, 15) is 0 Å². The highest BCUT2D eigenvalue weighted by Gasteiger charge is 2.24. The topological polar surface area (TPSA) is 28.2 Å². The summed E-state index contributed by atoms with van der Waals surface area (Å²) >= 11 is 0. The second-order valence-electron chi connectivity index (χ2n) is 5.58. The maximum Gasteiger partial charge on any atom is 0.0543 e. The Labute approximate surface area is 112 Å². The van der Waals surface area contributed by atoms with Gasteiger partial charge in [0.1, 0.15) is 0 Å². The van der Waals surface area contributed by atoms with Crippen molar-refractivity contribution in [1.82, 2.24) is 15.2 Å². The molecule has 0 amide bonds. The summed E-state index contributed by atoms with van der Waals surface area (Å²) in [6.07, 6.45) is 4.35. The molecule has 0 aromatic carbocycles. The molecule has 1 N–H and O–H groups in total. The van der Waals surface area contributed by atoms with Crippen LogP contribution in [0.15, 0.2) is 24.4 Å². The van der Waals surface area contributed by atoms with Crippen LogP contribution in [0.5, 0.6) is 0 Å². The van der Waals surface area contributed by atoms with Crippen LogP contribution >= 0.6 is 0 Å². The first-order valence-electron chi connectivity index (χ1n) is 6.83. The van der Waals surface area contributed by atoms with Crippen LogP contribution in [0, 0.1) is 5.41 Å². The molecule has 1 unspecified atom stereocenters. The monoisotopic (exact) mass is 249 g/mol. The molecule has 1 rings (SSSR count). The van der Waals surface area contributed by atoms with Crippen molar-refractivity contribution in [2.24, 2.45) is 5.41 Å². The molecule has 0 fully saturated rings. The van der Waals surface area contributed by atoms with E-state index in [2.05, 4.69) is 48.2 Å². The molecule has 0 aliphatic heterocycles. The van der Waals surface area contributed by atoms with Gasteiger partial charge in [-0.05, 0) is 38.1 Å². The summed E-state index contributed by atoms with van der Waals surface area (Å²) < 4.78 is 0. The molecule has 0 saturated heterocycles. The zero-order chi connectivity index (χ0) is 13.4. The summed E-state index contributed by atoms with van der Waals surface area (Å²) in [5.74, 6) is 0. The third-order valence-corrected chi connectivity index (χ3v) is 3.27. The van der Waals surface area contributed by atoms with Gasteiger partial charge in [-0.1, -0.05) is 26.3 Å². The molecule has 1 aromatic heterocycles. The average molecular weight is 249 g/mol. The molecule has 0 aliphatic carbocycles. The van der Waals surface area contributed by atoms with Crippen LogP contribution in [-0.2, 0) is 6.54 Å². The lowest BCUT2D eigenvalue weighted by molar-refractivity contribution is 0.170. The predicted molar refractivity (Wildman–Crippen MR) is 77.5 cm³/mol. The van der Waals surface area contributed by atoms with Crippen LogP contribution < -0.4 is 5.32 Å². The van der Waals surface area contributed by atoms with Gasteiger partial charge in [-0.2, -0.15) is 0 Å². The highest BCUT2D eigenvalue weighted by Crippen LogP contribution is 2.23. The van der Waals surface area contributed by atoms with Gasteiger partial charge in [-0.15, -0.1) is 0 Å². The second-order valence-corrected chi connectivity index (χ2v) is 5.58. The molecule has 0 saturated carbocycles. The second kappa shape index (κ2) is 7.49. The summed E-state index contributed by atoms with van der Waals surface area (Å²) in [4.78, 5) is 6.75. The zero-order valence-corrected chi connectivity index (χ0v) is 12.2. The molecule has 0 radical (unpaired) electrons. The third-order valence-electron chi connectivity index (χ3n) is 3.27. The van der Waals surface area contributed by atoms with Gasteiger partial charge in [0.25, 0.3) is 0 Å². The molecule has 3 nitrogen and oxygen atoms in total. The average Bonchev–Trinajstić information content (AvgIpc) is 2.30. The molecule has 0 aliphatic rings. The number of pyridine rings is 1. The Morgan fingerprint density at radius 3 is 2.72 bits per heavy atom. The number of rotatable bonds is 8. The lowest BCUT2D eigenvalue weighted by Crippen LogP contribution is -2.39. The highest BCUT2D eigenvalue weighted by molar-refractivity contribution is 5.03. The van der Waals surface area contributed by atoms with E-state index in [0.29, 0.717) is 5.41 Å². The summed E-state index contributed by atoms with van der Waals surface area (Å²) in [5.41, 5.74) is 1.48. The lowest BCUT2D eigenvalue weighted by atomic mass is 9.85. The minimum atomic E-state index is 0.340. The molecule has 102 valence electrons. The van der Waals surface area contributed by atoms with Crippen molar-refractivity contribution in [2.45, 2.75) is 33.2 Å². The molecular weight excluding hydrogens is 222 g/mol. The van der Waals surface area contributed by atoms with Crippen molar-refractivity contribution in [3.05, 3.63) is 30.1 Å². The fourth-order valence-corrected chi connectivity index (χ4v) is 2.73. The van der Waals surface area contributed by atoms with Crippen LogP contribution in [0.2, 0.25) is 0 Å². The van der Waals surface area contributed by atoms with E-state index in [1.165, 1.54) is 12.8 Å². The molecule has 1 aromatic rings. The maximum atomic E-state index is 4.38. The van der Waals surface area contributed by atoms with Crippen LogP contribution in [0.25, 0.3) is 0 Å². The third kappa shape index (κ3) is 5.15. The van der Waals surface area contributed by atoms with E-state index < -0.39 is 0 Å². The minimum absolute atomic E-state index is 0.340. The predicted octanol–water partition coefficient (Wildman–Crippen LogP) is 2.54. The smallest absolute Gasteiger partial charge is 0.0543 e. The Morgan fingerprint density at radius 2 is 2.17 bits per heavy atom. The first kappa shape index (κ1) is 15.1. The van der Waals surface area contributed by atoms with Crippen LogP contribution in [0.4, 0.5) is 0 Å². The van der Waals surface area contributed by atoms with Crippen molar-refractivity contribution < 1.29 is 0 Å². The Balaban J connectivity index is 2.53. The first-order valence-corrected chi connectivity index (χ1v) is 6.83. The fraction of sp³-hybridized carbons (Fsp3) is 0.667. The maximum absolute atomic E-state index is 4.38. The summed E-state index contributed by atoms with van der Waals surface area (Å²) in [6.45, 7) is 7.70.